The van der Waals surface area contributed by atoms with E-state index in [1.165, 1.54) is 4.68 Å². The number of aliphatic hydroxyl groups is 1. The molecule has 1 aliphatic carbocycles. The van der Waals surface area contributed by atoms with Crippen molar-refractivity contribution in [1.29, 1.82) is 0 Å². The molecule has 0 spiro atoms. The van der Waals surface area contributed by atoms with Gasteiger partial charge in [0.15, 0.2) is 0 Å². The third kappa shape index (κ3) is 1.70. The van der Waals surface area contributed by atoms with Crippen LogP contribution in [0.3, 0.4) is 0 Å². The summed E-state index contributed by atoms with van der Waals surface area (Å²) in [5.74, 6) is 0. The highest BCUT2D eigenvalue weighted by Gasteiger charge is 2.14. The van der Waals surface area contributed by atoms with Crippen LogP contribution in [0.25, 0.3) is 0 Å². The quantitative estimate of drug-likeness (QED) is 0.727. The summed E-state index contributed by atoms with van der Waals surface area (Å²) in [7, 11) is 0. The summed E-state index contributed by atoms with van der Waals surface area (Å²) in [6.07, 6.45) is 2.47. The van der Waals surface area contributed by atoms with E-state index in [1.54, 1.807) is 13.0 Å². The van der Waals surface area contributed by atoms with Crippen LogP contribution >= 0.6 is 0 Å². The lowest BCUT2D eigenvalue weighted by molar-refractivity contribution is 0.166. The number of nitrogens with zero attached hydrogens (tertiary/aromatic N) is 2. The van der Waals surface area contributed by atoms with Gasteiger partial charge in [0.25, 0.3) is 5.56 Å². The minimum absolute atomic E-state index is 0.105. The number of hydrogen-bond donors (Lipinski definition) is 1. The van der Waals surface area contributed by atoms with E-state index in [9.17, 15) is 9.90 Å². The van der Waals surface area contributed by atoms with Crippen molar-refractivity contribution in [2.24, 2.45) is 0 Å². The van der Waals surface area contributed by atoms with Crippen molar-refractivity contribution >= 4 is 0 Å². The summed E-state index contributed by atoms with van der Waals surface area (Å²) in [4.78, 5) is 11.5. The zero-order valence-electron chi connectivity index (χ0n) is 8.23. The molecule has 0 aromatic carbocycles. The van der Waals surface area contributed by atoms with Crippen LogP contribution in [0.2, 0.25) is 0 Å². The molecule has 1 N–H and O–H groups in total. The second-order valence-corrected chi connectivity index (χ2v) is 3.84. The van der Waals surface area contributed by atoms with E-state index in [4.69, 9.17) is 0 Å². The summed E-state index contributed by atoms with van der Waals surface area (Å²) in [5, 5.41) is 13.4. The molecule has 4 nitrogen and oxygen atoms in total. The van der Waals surface area contributed by atoms with Gasteiger partial charge in [0.05, 0.1) is 18.3 Å². The number of hydrogen-bond acceptors (Lipinski definition) is 3. The minimum Gasteiger partial charge on any atom is -0.391 e. The lowest BCUT2D eigenvalue weighted by Gasteiger charge is -2.08. The van der Waals surface area contributed by atoms with Gasteiger partial charge in [-0.3, -0.25) is 4.79 Å². The van der Waals surface area contributed by atoms with E-state index < -0.39 is 6.10 Å². The van der Waals surface area contributed by atoms with Crippen LogP contribution in [0.15, 0.2) is 10.9 Å². The molecule has 0 fully saturated rings. The summed E-state index contributed by atoms with van der Waals surface area (Å²) >= 11 is 0. The number of aliphatic hydroxyl groups excluding tert-OH is 1. The average Bonchev–Trinajstić information content (AvgIpc) is 2.51. The van der Waals surface area contributed by atoms with Gasteiger partial charge < -0.3 is 5.11 Å². The normalized spacial score (nSPS) is 16.7. The summed E-state index contributed by atoms with van der Waals surface area (Å²) in [6, 6.07) is 1.65. The van der Waals surface area contributed by atoms with E-state index in [-0.39, 0.29) is 12.1 Å². The second-order valence-electron chi connectivity index (χ2n) is 3.84. The standard InChI is InChI=1S/C10H14N2O2/c1-7(13)6-12-10(14)5-8-3-2-4-9(8)11-12/h5,7,13H,2-4,6H2,1H3. The van der Waals surface area contributed by atoms with Gasteiger partial charge >= 0.3 is 0 Å². The highest BCUT2D eigenvalue weighted by atomic mass is 16.3. The third-order valence-electron chi connectivity index (χ3n) is 2.46. The number of aromatic nitrogens is 2. The van der Waals surface area contributed by atoms with Gasteiger partial charge in [-0.2, -0.15) is 5.10 Å². The SMILES string of the molecule is CC(O)Cn1nc2c(cc1=O)CCC2. The summed E-state index contributed by atoms with van der Waals surface area (Å²) in [6.45, 7) is 1.94. The van der Waals surface area contributed by atoms with Crippen molar-refractivity contribution in [2.45, 2.75) is 38.8 Å². The first kappa shape index (κ1) is 9.40. The first-order valence-electron chi connectivity index (χ1n) is 4.95. The maximum atomic E-state index is 11.5. The van der Waals surface area contributed by atoms with Gasteiger partial charge in [-0.25, -0.2) is 4.68 Å². The molecule has 0 bridgehead atoms. The lowest BCUT2D eigenvalue weighted by Crippen LogP contribution is -2.28. The highest BCUT2D eigenvalue weighted by Crippen LogP contribution is 2.16. The molecule has 1 aliphatic rings. The molecule has 1 heterocycles. The zero-order valence-corrected chi connectivity index (χ0v) is 8.23. The molecule has 0 aliphatic heterocycles. The van der Waals surface area contributed by atoms with Crippen LogP contribution in [0, 0.1) is 0 Å². The van der Waals surface area contributed by atoms with Gasteiger partial charge in [0.1, 0.15) is 0 Å². The number of aryl methyl sites for hydroxylation is 2. The monoisotopic (exact) mass is 194 g/mol. The lowest BCUT2D eigenvalue weighted by atomic mass is 10.2. The fraction of sp³-hybridized carbons (Fsp3) is 0.600. The number of fused-ring (bicyclic) bond motifs is 1. The van der Waals surface area contributed by atoms with E-state index >= 15 is 0 Å². The topological polar surface area (TPSA) is 55.1 Å². The fourth-order valence-corrected chi connectivity index (χ4v) is 1.82. The van der Waals surface area contributed by atoms with Crippen molar-refractivity contribution in [3.63, 3.8) is 0 Å². The van der Waals surface area contributed by atoms with E-state index in [2.05, 4.69) is 5.10 Å². The largest absolute Gasteiger partial charge is 0.391 e. The predicted molar refractivity (Wildman–Crippen MR) is 52.2 cm³/mol. The van der Waals surface area contributed by atoms with Crippen LogP contribution in [0.1, 0.15) is 24.6 Å². The van der Waals surface area contributed by atoms with Gasteiger partial charge in [-0.1, -0.05) is 0 Å². The first-order chi connectivity index (χ1) is 6.66. The predicted octanol–water partition coefficient (Wildman–Crippen LogP) is 0.113. The Morgan fingerprint density at radius 1 is 1.64 bits per heavy atom. The Morgan fingerprint density at radius 3 is 3.14 bits per heavy atom. The molecular weight excluding hydrogens is 180 g/mol. The van der Waals surface area contributed by atoms with Gasteiger partial charge in [0.2, 0.25) is 0 Å². The molecule has 0 amide bonds. The molecule has 1 aromatic heterocycles. The molecule has 0 saturated heterocycles. The maximum absolute atomic E-state index is 11.5. The van der Waals surface area contributed by atoms with Crippen molar-refractivity contribution in [3.05, 3.63) is 27.7 Å². The Kier molecular flexibility index (Phi) is 2.37. The van der Waals surface area contributed by atoms with E-state index in [0.717, 1.165) is 30.5 Å². The summed E-state index contributed by atoms with van der Waals surface area (Å²) < 4.78 is 1.36. The average molecular weight is 194 g/mol. The van der Waals surface area contributed by atoms with E-state index in [0.29, 0.717) is 0 Å². The molecule has 1 atom stereocenters. The Balaban J connectivity index is 2.38. The Morgan fingerprint density at radius 2 is 2.43 bits per heavy atom. The van der Waals surface area contributed by atoms with E-state index in [1.807, 2.05) is 0 Å². The molecule has 76 valence electrons. The van der Waals surface area contributed by atoms with Crippen LogP contribution in [-0.4, -0.2) is 21.0 Å². The Bertz CT molecular complexity index is 396. The molecule has 0 saturated carbocycles. The van der Waals surface area contributed by atoms with Gasteiger partial charge in [0, 0.05) is 6.07 Å². The molecule has 0 radical (unpaired) electrons. The molecule has 1 aromatic rings. The molecule has 2 rings (SSSR count). The van der Waals surface area contributed by atoms with Crippen LogP contribution in [-0.2, 0) is 19.4 Å². The van der Waals surface area contributed by atoms with Crippen LogP contribution < -0.4 is 5.56 Å². The molecular formula is C10H14N2O2. The van der Waals surface area contributed by atoms with Crippen molar-refractivity contribution in [2.75, 3.05) is 0 Å². The molecule has 14 heavy (non-hydrogen) atoms. The third-order valence-corrected chi connectivity index (χ3v) is 2.46. The number of rotatable bonds is 2. The molecule has 1 unspecified atom stereocenters. The minimum atomic E-state index is -0.528. The maximum Gasteiger partial charge on any atom is 0.267 e. The van der Waals surface area contributed by atoms with Crippen molar-refractivity contribution < 1.29 is 5.11 Å². The zero-order chi connectivity index (χ0) is 10.1. The van der Waals surface area contributed by atoms with Crippen LogP contribution in [0.5, 0.6) is 0 Å². The van der Waals surface area contributed by atoms with Crippen LogP contribution in [0.4, 0.5) is 0 Å². The van der Waals surface area contributed by atoms with Crippen molar-refractivity contribution in [3.8, 4) is 0 Å². The van der Waals surface area contributed by atoms with Gasteiger partial charge in [-0.15, -0.1) is 0 Å². The van der Waals surface area contributed by atoms with Gasteiger partial charge in [-0.05, 0) is 31.7 Å². The first-order valence-corrected chi connectivity index (χ1v) is 4.95. The second kappa shape index (κ2) is 3.53. The fourth-order valence-electron chi connectivity index (χ4n) is 1.82. The Hall–Kier alpha value is -1.16. The summed E-state index contributed by atoms with van der Waals surface area (Å²) in [5.41, 5.74) is 1.99. The molecule has 4 heteroatoms. The highest BCUT2D eigenvalue weighted by molar-refractivity contribution is 5.22. The smallest absolute Gasteiger partial charge is 0.267 e. The Labute approximate surface area is 82.2 Å². The van der Waals surface area contributed by atoms with Crippen molar-refractivity contribution in [1.82, 2.24) is 9.78 Å².